The highest BCUT2D eigenvalue weighted by Gasteiger charge is 2.44. The molecule has 1 aliphatic heterocycles. The molecular formula is C14H18ClN5O10. The summed E-state index contributed by atoms with van der Waals surface area (Å²) in [6.45, 7) is -0.417. The summed E-state index contributed by atoms with van der Waals surface area (Å²) in [5, 5.41) is 61.3. The molecule has 2 aromatic rings. The van der Waals surface area contributed by atoms with Crippen LogP contribution in [0.2, 0.25) is 5.28 Å². The van der Waals surface area contributed by atoms with E-state index in [0.717, 1.165) is 0 Å². The topological polar surface area (TPSA) is 255 Å². The number of fused-ring (bicyclic) bond motifs is 1. The van der Waals surface area contributed by atoms with Crippen LogP contribution in [0.15, 0.2) is 6.33 Å². The summed E-state index contributed by atoms with van der Waals surface area (Å²) in [6, 6.07) is 0. The fraction of sp³-hybridized carbons (Fsp3) is 0.500. The van der Waals surface area contributed by atoms with E-state index in [2.05, 4.69) is 15.0 Å². The first-order chi connectivity index (χ1) is 14.0. The predicted octanol–water partition coefficient (Wildman–Crippen LogP) is -3.45. The van der Waals surface area contributed by atoms with Crippen LogP contribution in [0.4, 0.5) is 5.82 Å². The molecule has 1 fully saturated rings. The number of ether oxygens (including phenoxy) is 1. The molecule has 0 saturated carbocycles. The van der Waals surface area contributed by atoms with Crippen LogP contribution in [0.5, 0.6) is 0 Å². The molecule has 0 radical (unpaired) electrons. The van der Waals surface area contributed by atoms with Crippen molar-refractivity contribution >= 4 is 40.5 Å². The Morgan fingerprint density at radius 3 is 2.20 bits per heavy atom. The van der Waals surface area contributed by atoms with Gasteiger partial charge in [-0.05, 0) is 11.6 Å². The third-order valence-corrected chi connectivity index (χ3v) is 4.19. The summed E-state index contributed by atoms with van der Waals surface area (Å²) in [6.07, 6.45) is -7.46. The lowest BCUT2D eigenvalue weighted by Gasteiger charge is -2.16. The molecule has 15 nitrogen and oxygen atoms in total. The number of nitrogen functional groups attached to an aromatic ring is 1. The molecule has 3 rings (SSSR count). The maximum atomic E-state index is 9.99. The lowest BCUT2D eigenvalue weighted by atomic mass is 10.1. The minimum atomic E-state index is -2.27. The number of halogens is 1. The summed E-state index contributed by atoms with van der Waals surface area (Å²) in [7, 11) is 0. The molecule has 3 heterocycles. The van der Waals surface area contributed by atoms with Crippen molar-refractivity contribution in [3.05, 3.63) is 11.6 Å². The summed E-state index contributed by atoms with van der Waals surface area (Å²) in [5.41, 5.74) is 6.27. The van der Waals surface area contributed by atoms with Crippen molar-refractivity contribution in [2.45, 2.75) is 36.7 Å². The largest absolute Gasteiger partial charge is 0.479 e. The van der Waals surface area contributed by atoms with Gasteiger partial charge in [0.1, 0.15) is 23.8 Å². The van der Waals surface area contributed by atoms with Gasteiger partial charge in [-0.1, -0.05) is 0 Å². The van der Waals surface area contributed by atoms with Crippen molar-refractivity contribution in [3.63, 3.8) is 0 Å². The Hall–Kier alpha value is -2.66. The van der Waals surface area contributed by atoms with Gasteiger partial charge in [-0.25, -0.2) is 14.6 Å². The molecule has 0 aromatic carbocycles. The van der Waals surface area contributed by atoms with Crippen LogP contribution in [0.25, 0.3) is 11.2 Å². The summed E-state index contributed by atoms with van der Waals surface area (Å²) in [4.78, 5) is 31.3. The second-order valence-corrected chi connectivity index (χ2v) is 6.33. The van der Waals surface area contributed by atoms with E-state index in [0.29, 0.717) is 5.52 Å². The highest BCUT2D eigenvalue weighted by molar-refractivity contribution is 6.28. The van der Waals surface area contributed by atoms with Crippen LogP contribution in [0.1, 0.15) is 6.23 Å². The molecule has 9 N–H and O–H groups in total. The Morgan fingerprint density at radius 1 is 1.17 bits per heavy atom. The van der Waals surface area contributed by atoms with E-state index in [9.17, 15) is 19.8 Å². The van der Waals surface area contributed by atoms with Crippen LogP contribution in [-0.2, 0) is 14.3 Å². The van der Waals surface area contributed by atoms with E-state index < -0.39 is 55.3 Å². The van der Waals surface area contributed by atoms with Crippen molar-refractivity contribution in [2.24, 2.45) is 0 Å². The Morgan fingerprint density at radius 2 is 1.73 bits per heavy atom. The van der Waals surface area contributed by atoms with Gasteiger partial charge in [0.25, 0.3) is 0 Å². The fourth-order valence-corrected chi connectivity index (χ4v) is 2.65. The van der Waals surface area contributed by atoms with Crippen molar-refractivity contribution in [3.8, 4) is 0 Å². The number of carboxylic acid groups (broad SMARTS) is 2. The Balaban J connectivity index is 0.000000274. The molecule has 166 valence electrons. The van der Waals surface area contributed by atoms with Gasteiger partial charge >= 0.3 is 11.9 Å². The van der Waals surface area contributed by atoms with Gasteiger partial charge in [-0.3, -0.25) is 4.57 Å². The minimum Gasteiger partial charge on any atom is -0.479 e. The van der Waals surface area contributed by atoms with E-state index in [1.165, 1.54) is 10.9 Å². The number of carboxylic acids is 2. The lowest BCUT2D eigenvalue weighted by molar-refractivity contribution is -0.165. The standard InChI is InChI=1S/C10H12ClN5O4.C4H6O6/c11-10-14-7(12)4-8(15-10)16(2-13-4)9-6(19)5(18)3(1-17)20-9;5-1(3(7)8)2(6)4(9)10/h2-3,5-6,9,17-19H,1H2,(H2,12,14,15);1-2,5-6H,(H,7,8)(H,9,10)/t3-,5-,6-,9+;1-,2-/m11/s1. The normalized spacial score (nSPS) is 25.4. The van der Waals surface area contributed by atoms with Crippen molar-refractivity contribution in [1.29, 1.82) is 0 Å². The number of aromatic nitrogens is 4. The first kappa shape index (κ1) is 23.6. The SMILES string of the molecule is Nc1nc(Cl)nc2c1ncn2[C@H]1O[C@H](CO)[C@@H](O)[C@H]1O.O=C(O)[C@H](O)[C@@H](O)C(=O)O. The number of nitrogens with two attached hydrogens (primary N) is 1. The quantitative estimate of drug-likeness (QED) is 0.206. The third kappa shape index (κ3) is 4.73. The number of imidazole rings is 1. The maximum absolute atomic E-state index is 9.99. The minimum absolute atomic E-state index is 0.0662. The van der Waals surface area contributed by atoms with Gasteiger partial charge in [0.2, 0.25) is 5.28 Å². The molecule has 0 amide bonds. The van der Waals surface area contributed by atoms with E-state index in [1.54, 1.807) is 0 Å². The summed E-state index contributed by atoms with van der Waals surface area (Å²) < 4.78 is 6.79. The number of rotatable bonds is 5. The van der Waals surface area contributed by atoms with E-state index in [4.69, 9.17) is 47.6 Å². The number of aliphatic hydroxyl groups is 5. The van der Waals surface area contributed by atoms with Gasteiger partial charge < -0.3 is 46.2 Å². The first-order valence-corrected chi connectivity index (χ1v) is 8.47. The summed E-state index contributed by atoms with van der Waals surface area (Å²) >= 11 is 5.74. The summed E-state index contributed by atoms with van der Waals surface area (Å²) in [5.74, 6) is -3.43. The average Bonchev–Trinajstić information content (AvgIpc) is 3.22. The Kier molecular flexibility index (Phi) is 7.43. The first-order valence-electron chi connectivity index (χ1n) is 8.09. The molecule has 2 aromatic heterocycles. The molecule has 1 saturated heterocycles. The van der Waals surface area contributed by atoms with Gasteiger partial charge in [-0.15, -0.1) is 0 Å². The second kappa shape index (κ2) is 9.43. The monoisotopic (exact) mass is 451 g/mol. The van der Waals surface area contributed by atoms with Crippen LogP contribution >= 0.6 is 11.6 Å². The Bertz CT molecular complexity index is 908. The van der Waals surface area contributed by atoms with Crippen molar-refractivity contribution < 1.29 is 50.1 Å². The maximum Gasteiger partial charge on any atom is 0.335 e. The molecule has 6 atom stereocenters. The smallest absolute Gasteiger partial charge is 0.335 e. The zero-order chi connectivity index (χ0) is 22.7. The number of carbonyl (C=O) groups is 2. The fourth-order valence-electron chi connectivity index (χ4n) is 2.48. The zero-order valence-corrected chi connectivity index (χ0v) is 15.6. The van der Waals surface area contributed by atoms with Gasteiger partial charge in [-0.2, -0.15) is 9.97 Å². The Labute approximate surface area is 171 Å². The number of anilines is 1. The van der Waals surface area contributed by atoms with Gasteiger partial charge in [0.05, 0.1) is 12.9 Å². The predicted molar refractivity (Wildman–Crippen MR) is 95.0 cm³/mol. The molecular weight excluding hydrogens is 434 g/mol. The number of hydrogen-bond donors (Lipinski definition) is 8. The molecule has 30 heavy (non-hydrogen) atoms. The van der Waals surface area contributed by atoms with Crippen LogP contribution in [-0.4, -0.2) is 104 Å². The number of aliphatic hydroxyl groups excluding tert-OH is 5. The molecule has 0 aliphatic carbocycles. The lowest BCUT2D eigenvalue weighted by Crippen LogP contribution is -2.39. The van der Waals surface area contributed by atoms with Crippen LogP contribution < -0.4 is 5.73 Å². The average molecular weight is 452 g/mol. The van der Waals surface area contributed by atoms with E-state index in [1.807, 2.05) is 0 Å². The van der Waals surface area contributed by atoms with Crippen LogP contribution in [0.3, 0.4) is 0 Å². The number of hydrogen-bond acceptors (Lipinski definition) is 12. The van der Waals surface area contributed by atoms with Gasteiger partial charge in [0.15, 0.2) is 29.9 Å². The van der Waals surface area contributed by atoms with Crippen molar-refractivity contribution in [1.82, 2.24) is 19.5 Å². The van der Waals surface area contributed by atoms with Crippen LogP contribution in [0, 0.1) is 0 Å². The highest BCUT2D eigenvalue weighted by Crippen LogP contribution is 2.32. The number of aliphatic carboxylic acids is 2. The molecule has 0 spiro atoms. The second-order valence-electron chi connectivity index (χ2n) is 6.00. The molecule has 0 bridgehead atoms. The molecule has 1 aliphatic rings. The number of nitrogens with zero attached hydrogens (tertiary/aromatic N) is 4. The van der Waals surface area contributed by atoms with Gasteiger partial charge in [0, 0.05) is 0 Å². The highest BCUT2D eigenvalue weighted by atomic mass is 35.5. The third-order valence-electron chi connectivity index (χ3n) is 4.02. The zero-order valence-electron chi connectivity index (χ0n) is 14.8. The van der Waals surface area contributed by atoms with E-state index >= 15 is 0 Å². The molecule has 0 unspecified atom stereocenters. The van der Waals surface area contributed by atoms with Crippen molar-refractivity contribution in [2.75, 3.05) is 12.3 Å². The van der Waals surface area contributed by atoms with E-state index in [-0.39, 0.29) is 16.7 Å². The molecule has 16 heteroatoms.